The molecule has 5 heteroatoms. The molecular weight excluding hydrogens is 302 g/mol. The third kappa shape index (κ3) is 3.35. The van der Waals surface area contributed by atoms with Gasteiger partial charge < -0.3 is 16.2 Å². The fourth-order valence-corrected chi connectivity index (χ4v) is 2.37. The number of hydrogen-bond acceptors (Lipinski definition) is 4. The molecule has 1 aromatic heterocycles. The van der Waals surface area contributed by atoms with E-state index < -0.39 is 5.91 Å². The van der Waals surface area contributed by atoms with Crippen LogP contribution in [0.25, 0.3) is 11.3 Å². The van der Waals surface area contributed by atoms with E-state index in [0.29, 0.717) is 12.3 Å². The van der Waals surface area contributed by atoms with Crippen molar-refractivity contribution in [2.45, 2.75) is 6.61 Å². The van der Waals surface area contributed by atoms with Gasteiger partial charge in [0.2, 0.25) is 0 Å². The summed E-state index contributed by atoms with van der Waals surface area (Å²) >= 11 is 0. The second-order valence-corrected chi connectivity index (χ2v) is 5.28. The molecule has 0 aliphatic rings. The first-order chi connectivity index (χ1) is 11.6. The first kappa shape index (κ1) is 15.6. The average Bonchev–Trinajstić information content (AvgIpc) is 2.61. The molecule has 3 rings (SSSR count). The van der Waals surface area contributed by atoms with Crippen molar-refractivity contribution in [3.63, 3.8) is 0 Å². The zero-order valence-electron chi connectivity index (χ0n) is 13.0. The number of anilines is 1. The molecule has 0 radical (unpaired) electrons. The van der Waals surface area contributed by atoms with E-state index >= 15 is 0 Å². The van der Waals surface area contributed by atoms with Crippen LogP contribution in [-0.2, 0) is 6.61 Å². The number of benzene rings is 2. The minimum absolute atomic E-state index is 0.268. The van der Waals surface area contributed by atoms with E-state index in [1.54, 1.807) is 0 Å². The lowest BCUT2D eigenvalue weighted by Crippen LogP contribution is -2.14. The summed E-state index contributed by atoms with van der Waals surface area (Å²) in [5, 5.41) is 0. The predicted molar refractivity (Wildman–Crippen MR) is 93.4 cm³/mol. The summed E-state index contributed by atoms with van der Waals surface area (Å²) < 4.78 is 5.75. The van der Waals surface area contributed by atoms with Gasteiger partial charge in [-0.1, -0.05) is 30.3 Å². The van der Waals surface area contributed by atoms with Gasteiger partial charge in [0.1, 0.15) is 12.4 Å². The third-order valence-electron chi connectivity index (χ3n) is 3.63. The topological polar surface area (TPSA) is 91.2 Å². The van der Waals surface area contributed by atoms with E-state index in [1.165, 1.54) is 12.3 Å². The van der Waals surface area contributed by atoms with Gasteiger partial charge in [0.25, 0.3) is 5.91 Å². The zero-order valence-corrected chi connectivity index (χ0v) is 13.0. The SMILES string of the molecule is NC(=O)c1ccnc(-c2ccc(OCc3ccccc3)cc2)c1N. The van der Waals surface area contributed by atoms with E-state index in [4.69, 9.17) is 16.2 Å². The van der Waals surface area contributed by atoms with Gasteiger partial charge in [-0.05, 0) is 35.9 Å². The molecule has 1 heterocycles. The van der Waals surface area contributed by atoms with Gasteiger partial charge in [-0.3, -0.25) is 9.78 Å². The Balaban J connectivity index is 1.78. The maximum atomic E-state index is 11.4. The Kier molecular flexibility index (Phi) is 4.43. The molecule has 0 atom stereocenters. The fraction of sp³-hybridized carbons (Fsp3) is 0.0526. The highest BCUT2D eigenvalue weighted by Crippen LogP contribution is 2.27. The number of amides is 1. The maximum absolute atomic E-state index is 11.4. The van der Waals surface area contributed by atoms with Crippen molar-refractivity contribution in [3.05, 3.63) is 78.0 Å². The van der Waals surface area contributed by atoms with Crippen LogP contribution in [0.4, 0.5) is 5.69 Å². The Hall–Kier alpha value is -3.34. The minimum Gasteiger partial charge on any atom is -0.489 e. The molecule has 0 bridgehead atoms. The molecule has 0 saturated heterocycles. The van der Waals surface area contributed by atoms with Crippen molar-refractivity contribution in [3.8, 4) is 17.0 Å². The number of hydrogen-bond donors (Lipinski definition) is 2. The van der Waals surface area contributed by atoms with Crippen LogP contribution in [0, 0.1) is 0 Å². The normalized spacial score (nSPS) is 10.3. The van der Waals surface area contributed by atoms with Gasteiger partial charge in [-0.15, -0.1) is 0 Å². The third-order valence-corrected chi connectivity index (χ3v) is 3.63. The molecule has 0 saturated carbocycles. The van der Waals surface area contributed by atoms with Gasteiger partial charge in [-0.25, -0.2) is 0 Å². The standard InChI is InChI=1S/C19H17N3O2/c20-17-16(19(21)23)10-11-22-18(17)14-6-8-15(9-7-14)24-12-13-4-2-1-3-5-13/h1-11H,12,20H2,(H2,21,23). The summed E-state index contributed by atoms with van der Waals surface area (Å²) in [5.74, 6) is 0.172. The smallest absolute Gasteiger partial charge is 0.250 e. The summed E-state index contributed by atoms with van der Waals surface area (Å²) in [7, 11) is 0. The fourth-order valence-electron chi connectivity index (χ4n) is 2.37. The number of pyridine rings is 1. The zero-order chi connectivity index (χ0) is 16.9. The lowest BCUT2D eigenvalue weighted by atomic mass is 10.1. The van der Waals surface area contributed by atoms with Crippen LogP contribution in [0.3, 0.4) is 0 Å². The second kappa shape index (κ2) is 6.83. The minimum atomic E-state index is -0.570. The number of aromatic nitrogens is 1. The van der Waals surface area contributed by atoms with Crippen molar-refractivity contribution in [2.24, 2.45) is 5.73 Å². The van der Waals surface area contributed by atoms with Gasteiger partial charge >= 0.3 is 0 Å². The van der Waals surface area contributed by atoms with Crippen molar-refractivity contribution >= 4 is 11.6 Å². The highest BCUT2D eigenvalue weighted by molar-refractivity contribution is 6.00. The van der Waals surface area contributed by atoms with Crippen LogP contribution < -0.4 is 16.2 Å². The Morgan fingerprint density at radius 1 is 1.00 bits per heavy atom. The number of carbonyl (C=O) groups excluding carboxylic acids is 1. The Bertz CT molecular complexity index is 846. The number of primary amides is 1. The Labute approximate surface area is 139 Å². The number of ether oxygens (including phenoxy) is 1. The summed E-state index contributed by atoms with van der Waals surface area (Å²) in [6.07, 6.45) is 1.52. The summed E-state index contributed by atoms with van der Waals surface area (Å²) in [6, 6.07) is 18.8. The molecule has 120 valence electrons. The van der Waals surface area contributed by atoms with E-state index in [9.17, 15) is 4.79 Å². The highest BCUT2D eigenvalue weighted by atomic mass is 16.5. The first-order valence-corrected chi connectivity index (χ1v) is 7.46. The molecule has 3 aromatic rings. The largest absolute Gasteiger partial charge is 0.489 e. The molecule has 2 aromatic carbocycles. The van der Waals surface area contributed by atoms with Crippen LogP contribution in [0.2, 0.25) is 0 Å². The highest BCUT2D eigenvalue weighted by Gasteiger charge is 2.12. The molecule has 0 aliphatic heterocycles. The molecule has 24 heavy (non-hydrogen) atoms. The second-order valence-electron chi connectivity index (χ2n) is 5.28. The van der Waals surface area contributed by atoms with E-state index in [0.717, 1.165) is 16.9 Å². The molecule has 0 spiro atoms. The molecule has 1 amide bonds. The average molecular weight is 319 g/mol. The van der Waals surface area contributed by atoms with Crippen LogP contribution in [0.5, 0.6) is 5.75 Å². The van der Waals surface area contributed by atoms with Crippen LogP contribution >= 0.6 is 0 Å². The molecule has 0 aliphatic carbocycles. The summed E-state index contributed by atoms with van der Waals surface area (Å²) in [6.45, 7) is 0.498. The quantitative estimate of drug-likeness (QED) is 0.756. The Morgan fingerprint density at radius 2 is 1.71 bits per heavy atom. The van der Waals surface area contributed by atoms with Gasteiger partial charge in [0.05, 0.1) is 16.9 Å². The van der Waals surface area contributed by atoms with Crippen LogP contribution in [0.1, 0.15) is 15.9 Å². The monoisotopic (exact) mass is 319 g/mol. The molecule has 0 fully saturated rings. The van der Waals surface area contributed by atoms with Gasteiger partial charge in [0.15, 0.2) is 0 Å². The molecule has 0 unspecified atom stereocenters. The Morgan fingerprint density at radius 3 is 2.38 bits per heavy atom. The van der Waals surface area contributed by atoms with Crippen LogP contribution in [0.15, 0.2) is 66.9 Å². The van der Waals surface area contributed by atoms with Gasteiger partial charge in [-0.2, -0.15) is 0 Å². The van der Waals surface area contributed by atoms with Crippen molar-refractivity contribution in [2.75, 3.05) is 5.73 Å². The number of nitrogens with two attached hydrogens (primary N) is 2. The molecule has 5 nitrogen and oxygen atoms in total. The number of rotatable bonds is 5. The number of carbonyl (C=O) groups is 1. The van der Waals surface area contributed by atoms with Crippen molar-refractivity contribution < 1.29 is 9.53 Å². The number of nitrogens with zero attached hydrogens (tertiary/aromatic N) is 1. The molecular formula is C19H17N3O2. The number of nitrogen functional groups attached to an aromatic ring is 1. The predicted octanol–water partition coefficient (Wildman–Crippen LogP) is 3.01. The lowest BCUT2D eigenvalue weighted by molar-refractivity contribution is 0.100. The van der Waals surface area contributed by atoms with E-state index in [-0.39, 0.29) is 11.3 Å². The van der Waals surface area contributed by atoms with Crippen molar-refractivity contribution in [1.29, 1.82) is 0 Å². The first-order valence-electron chi connectivity index (χ1n) is 7.46. The van der Waals surface area contributed by atoms with Crippen molar-refractivity contribution in [1.82, 2.24) is 4.98 Å². The maximum Gasteiger partial charge on any atom is 0.250 e. The molecule has 4 N–H and O–H groups in total. The van der Waals surface area contributed by atoms with Gasteiger partial charge in [0, 0.05) is 11.8 Å². The lowest BCUT2D eigenvalue weighted by Gasteiger charge is -2.10. The summed E-state index contributed by atoms with van der Waals surface area (Å²) in [5.41, 5.74) is 14.3. The van der Waals surface area contributed by atoms with E-state index in [1.807, 2.05) is 54.6 Å². The summed E-state index contributed by atoms with van der Waals surface area (Å²) in [4.78, 5) is 15.6. The van der Waals surface area contributed by atoms with E-state index in [2.05, 4.69) is 4.98 Å². The van der Waals surface area contributed by atoms with Crippen LogP contribution in [-0.4, -0.2) is 10.9 Å².